The molecule has 84 valence electrons. The second kappa shape index (κ2) is 6.22. The number of carbonyl (C=O) groups excluding carboxylic acids is 1. The average molecular weight is 210 g/mol. The van der Waals surface area contributed by atoms with Crippen molar-refractivity contribution in [2.45, 2.75) is 39.7 Å². The Kier molecular flexibility index (Phi) is 4.87. The van der Waals surface area contributed by atoms with E-state index < -0.39 is 0 Å². The van der Waals surface area contributed by atoms with E-state index in [0.29, 0.717) is 6.61 Å². The Morgan fingerprint density at radius 1 is 1.53 bits per heavy atom. The molecule has 0 fully saturated rings. The highest BCUT2D eigenvalue weighted by molar-refractivity contribution is 5.69. The molecular weight excluding hydrogens is 192 g/mol. The fraction of sp³-hybridized carbons (Fsp3) is 0.636. The fourth-order valence-corrected chi connectivity index (χ4v) is 1.31. The Bertz CT molecular complexity index is 307. The molecule has 0 saturated carbocycles. The summed E-state index contributed by atoms with van der Waals surface area (Å²) in [6, 6.07) is 0. The Morgan fingerprint density at radius 3 is 3.00 bits per heavy atom. The molecular formula is C11H18N2O2. The van der Waals surface area contributed by atoms with E-state index in [1.165, 1.54) is 0 Å². The Hall–Kier alpha value is -1.32. The van der Waals surface area contributed by atoms with Gasteiger partial charge in [0.1, 0.15) is 12.4 Å². The first kappa shape index (κ1) is 11.8. The van der Waals surface area contributed by atoms with Crippen molar-refractivity contribution in [2.24, 2.45) is 0 Å². The molecule has 0 bridgehead atoms. The van der Waals surface area contributed by atoms with Crippen LogP contribution in [-0.2, 0) is 22.5 Å². The van der Waals surface area contributed by atoms with Gasteiger partial charge in [0.05, 0.1) is 6.61 Å². The Morgan fingerprint density at radius 2 is 2.33 bits per heavy atom. The van der Waals surface area contributed by atoms with Gasteiger partial charge in [-0.3, -0.25) is 4.79 Å². The molecule has 0 aliphatic heterocycles. The molecule has 0 amide bonds. The number of esters is 1. The Labute approximate surface area is 90.3 Å². The predicted octanol–water partition coefficient (Wildman–Crippen LogP) is 1.79. The van der Waals surface area contributed by atoms with E-state index in [-0.39, 0.29) is 12.5 Å². The second-order valence-corrected chi connectivity index (χ2v) is 3.40. The van der Waals surface area contributed by atoms with E-state index >= 15 is 0 Å². The molecule has 0 spiro atoms. The minimum Gasteiger partial charge on any atom is -0.464 e. The lowest BCUT2D eigenvalue weighted by molar-refractivity contribution is -0.144. The molecule has 0 saturated heterocycles. The van der Waals surface area contributed by atoms with Crippen molar-refractivity contribution >= 4 is 5.97 Å². The molecule has 0 aromatic carbocycles. The SMILES string of the molecule is CCCCOC(=O)Cn1ccnc1CC. The zero-order valence-electron chi connectivity index (χ0n) is 9.40. The zero-order valence-corrected chi connectivity index (χ0v) is 9.40. The van der Waals surface area contributed by atoms with Crippen molar-refractivity contribution in [1.82, 2.24) is 9.55 Å². The highest BCUT2D eigenvalue weighted by Gasteiger charge is 2.06. The highest BCUT2D eigenvalue weighted by Crippen LogP contribution is 1.99. The first-order chi connectivity index (χ1) is 7.27. The van der Waals surface area contributed by atoms with Gasteiger partial charge in [-0.05, 0) is 6.42 Å². The van der Waals surface area contributed by atoms with Crippen LogP contribution in [0.25, 0.3) is 0 Å². The van der Waals surface area contributed by atoms with Crippen LogP contribution < -0.4 is 0 Å². The summed E-state index contributed by atoms with van der Waals surface area (Å²) in [7, 11) is 0. The molecule has 0 aliphatic carbocycles. The minimum absolute atomic E-state index is 0.184. The summed E-state index contributed by atoms with van der Waals surface area (Å²) in [5.74, 6) is 0.735. The van der Waals surface area contributed by atoms with E-state index in [9.17, 15) is 4.79 Å². The largest absolute Gasteiger partial charge is 0.464 e. The van der Waals surface area contributed by atoms with Crippen LogP contribution in [0.1, 0.15) is 32.5 Å². The van der Waals surface area contributed by atoms with Gasteiger partial charge in [-0.25, -0.2) is 4.98 Å². The van der Waals surface area contributed by atoms with Crippen LogP contribution in [0.15, 0.2) is 12.4 Å². The van der Waals surface area contributed by atoms with E-state index in [1.54, 1.807) is 12.4 Å². The number of rotatable bonds is 6. The lowest BCUT2D eigenvalue weighted by atomic mass is 10.4. The summed E-state index contributed by atoms with van der Waals surface area (Å²) < 4.78 is 6.90. The Balaban J connectivity index is 2.37. The molecule has 1 heterocycles. The normalized spacial score (nSPS) is 10.3. The molecule has 0 radical (unpaired) electrons. The first-order valence-corrected chi connectivity index (χ1v) is 5.43. The third-order valence-corrected chi connectivity index (χ3v) is 2.18. The zero-order chi connectivity index (χ0) is 11.1. The lowest BCUT2D eigenvalue weighted by Gasteiger charge is -2.06. The third kappa shape index (κ3) is 3.73. The third-order valence-electron chi connectivity index (χ3n) is 2.18. The average Bonchev–Trinajstić information content (AvgIpc) is 2.65. The number of nitrogens with zero attached hydrogens (tertiary/aromatic N) is 2. The summed E-state index contributed by atoms with van der Waals surface area (Å²) in [4.78, 5) is 15.5. The predicted molar refractivity (Wildman–Crippen MR) is 57.5 cm³/mol. The smallest absolute Gasteiger partial charge is 0.325 e. The number of hydrogen-bond donors (Lipinski definition) is 0. The van der Waals surface area contributed by atoms with Crippen LogP contribution in [0.2, 0.25) is 0 Å². The maximum absolute atomic E-state index is 11.4. The summed E-state index contributed by atoms with van der Waals surface area (Å²) >= 11 is 0. The van der Waals surface area contributed by atoms with Gasteiger partial charge in [0.2, 0.25) is 0 Å². The van der Waals surface area contributed by atoms with Crippen LogP contribution in [-0.4, -0.2) is 22.1 Å². The van der Waals surface area contributed by atoms with Crippen molar-refractivity contribution in [1.29, 1.82) is 0 Å². The van der Waals surface area contributed by atoms with Gasteiger partial charge in [-0.15, -0.1) is 0 Å². The quantitative estimate of drug-likeness (QED) is 0.531. The van der Waals surface area contributed by atoms with Crippen molar-refractivity contribution in [2.75, 3.05) is 6.61 Å². The van der Waals surface area contributed by atoms with Crippen molar-refractivity contribution in [3.8, 4) is 0 Å². The second-order valence-electron chi connectivity index (χ2n) is 3.40. The molecule has 0 N–H and O–H groups in total. The molecule has 1 aromatic rings. The van der Waals surface area contributed by atoms with Crippen LogP contribution in [0.3, 0.4) is 0 Å². The van der Waals surface area contributed by atoms with Gasteiger partial charge in [0, 0.05) is 18.8 Å². The highest BCUT2D eigenvalue weighted by atomic mass is 16.5. The molecule has 4 heteroatoms. The van der Waals surface area contributed by atoms with Crippen LogP contribution >= 0.6 is 0 Å². The van der Waals surface area contributed by atoms with Crippen LogP contribution in [0.5, 0.6) is 0 Å². The lowest BCUT2D eigenvalue weighted by Crippen LogP contribution is -2.15. The van der Waals surface area contributed by atoms with Crippen molar-refractivity contribution < 1.29 is 9.53 Å². The van der Waals surface area contributed by atoms with E-state index in [4.69, 9.17) is 4.74 Å². The monoisotopic (exact) mass is 210 g/mol. The van der Waals surface area contributed by atoms with E-state index in [0.717, 1.165) is 25.1 Å². The molecule has 4 nitrogen and oxygen atoms in total. The number of hydrogen-bond acceptors (Lipinski definition) is 3. The maximum atomic E-state index is 11.4. The van der Waals surface area contributed by atoms with Gasteiger partial charge >= 0.3 is 5.97 Å². The number of unbranched alkanes of at least 4 members (excludes halogenated alkanes) is 1. The summed E-state index contributed by atoms with van der Waals surface area (Å²) in [5, 5.41) is 0. The van der Waals surface area contributed by atoms with Gasteiger partial charge in [0.25, 0.3) is 0 Å². The van der Waals surface area contributed by atoms with Crippen LogP contribution in [0, 0.1) is 0 Å². The van der Waals surface area contributed by atoms with Gasteiger partial charge < -0.3 is 9.30 Å². The first-order valence-electron chi connectivity index (χ1n) is 5.43. The van der Waals surface area contributed by atoms with Gasteiger partial charge in [-0.1, -0.05) is 20.3 Å². The molecule has 15 heavy (non-hydrogen) atoms. The summed E-state index contributed by atoms with van der Waals surface area (Å²) in [6.07, 6.45) is 6.31. The van der Waals surface area contributed by atoms with E-state index in [2.05, 4.69) is 11.9 Å². The molecule has 0 atom stereocenters. The number of imidazole rings is 1. The van der Waals surface area contributed by atoms with Crippen LogP contribution in [0.4, 0.5) is 0 Å². The maximum Gasteiger partial charge on any atom is 0.325 e. The molecule has 0 aliphatic rings. The van der Waals surface area contributed by atoms with E-state index in [1.807, 2.05) is 11.5 Å². The molecule has 1 aromatic heterocycles. The minimum atomic E-state index is -0.184. The van der Waals surface area contributed by atoms with Gasteiger partial charge in [0.15, 0.2) is 0 Å². The molecule has 1 rings (SSSR count). The molecule has 0 unspecified atom stereocenters. The number of aromatic nitrogens is 2. The van der Waals surface area contributed by atoms with Crippen molar-refractivity contribution in [3.05, 3.63) is 18.2 Å². The summed E-state index contributed by atoms with van der Waals surface area (Å²) in [6.45, 7) is 4.87. The standard InChI is InChI=1S/C11H18N2O2/c1-3-5-8-15-11(14)9-13-7-6-12-10(13)4-2/h6-7H,3-5,8-9H2,1-2H3. The van der Waals surface area contributed by atoms with Crippen molar-refractivity contribution in [3.63, 3.8) is 0 Å². The van der Waals surface area contributed by atoms with Gasteiger partial charge in [-0.2, -0.15) is 0 Å². The summed E-state index contributed by atoms with van der Waals surface area (Å²) in [5.41, 5.74) is 0. The number of aryl methyl sites for hydroxylation is 1. The fourth-order valence-electron chi connectivity index (χ4n) is 1.31. The number of carbonyl (C=O) groups is 1. The topological polar surface area (TPSA) is 44.1 Å². The number of ether oxygens (including phenoxy) is 1.